The van der Waals surface area contributed by atoms with E-state index in [0.29, 0.717) is 5.56 Å². The first-order valence-electron chi connectivity index (χ1n) is 9.83. The number of nitrogens with zero attached hydrogens (tertiary/aromatic N) is 1. The first-order chi connectivity index (χ1) is 15.6. The molecule has 2 aromatic carbocycles. The predicted octanol–water partition coefficient (Wildman–Crippen LogP) is 2.81. The fraction of sp³-hybridized carbons (Fsp3) is 0.348. The summed E-state index contributed by atoms with van der Waals surface area (Å²) in [7, 11) is 7.06. The van der Waals surface area contributed by atoms with E-state index >= 15 is 0 Å². The van der Waals surface area contributed by atoms with E-state index in [4.69, 9.17) is 18.9 Å². The third-order valence-electron chi connectivity index (χ3n) is 5.24. The van der Waals surface area contributed by atoms with Crippen molar-refractivity contribution in [3.05, 3.63) is 34.9 Å². The summed E-state index contributed by atoms with van der Waals surface area (Å²) in [5.41, 5.74) is 0.0276. The molecule has 2 N–H and O–H groups in total. The fourth-order valence-electron chi connectivity index (χ4n) is 3.45. The van der Waals surface area contributed by atoms with Crippen LogP contribution < -0.4 is 18.9 Å². The molecule has 0 aliphatic heterocycles. The molecule has 178 valence electrons. The van der Waals surface area contributed by atoms with Crippen LogP contribution in [0.25, 0.3) is 11.1 Å². The summed E-state index contributed by atoms with van der Waals surface area (Å²) in [6.07, 6.45) is 0.181. The summed E-state index contributed by atoms with van der Waals surface area (Å²) in [4.78, 5) is 37.6. The Morgan fingerprint density at radius 3 is 1.88 bits per heavy atom. The molecular weight excluding hydrogens is 434 g/mol. The van der Waals surface area contributed by atoms with Crippen LogP contribution in [0.4, 0.5) is 0 Å². The van der Waals surface area contributed by atoms with E-state index < -0.39 is 11.9 Å². The van der Waals surface area contributed by atoms with Crippen molar-refractivity contribution in [2.24, 2.45) is 0 Å². The fourth-order valence-corrected chi connectivity index (χ4v) is 3.45. The highest BCUT2D eigenvalue weighted by Gasteiger charge is 2.29. The van der Waals surface area contributed by atoms with Gasteiger partial charge in [-0.15, -0.1) is 0 Å². The van der Waals surface area contributed by atoms with Crippen molar-refractivity contribution in [1.29, 1.82) is 0 Å². The lowest BCUT2D eigenvalue weighted by Crippen LogP contribution is -2.26. The van der Waals surface area contributed by atoms with Gasteiger partial charge in [0.1, 0.15) is 0 Å². The van der Waals surface area contributed by atoms with Crippen LogP contribution in [0.1, 0.15) is 33.2 Å². The normalized spacial score (nSPS) is 10.4. The van der Waals surface area contributed by atoms with Gasteiger partial charge in [-0.05, 0) is 30.2 Å². The second-order valence-corrected chi connectivity index (χ2v) is 7.07. The lowest BCUT2D eigenvalue weighted by Gasteiger charge is -2.22. The van der Waals surface area contributed by atoms with Crippen molar-refractivity contribution in [3.63, 3.8) is 0 Å². The second-order valence-electron chi connectivity index (χ2n) is 7.07. The summed E-state index contributed by atoms with van der Waals surface area (Å²) in [6.45, 7) is 1.64. The molecule has 10 nitrogen and oxygen atoms in total. The molecule has 0 spiro atoms. The number of carbonyl (C=O) groups excluding carboxylic acids is 1. The van der Waals surface area contributed by atoms with E-state index in [0.717, 1.165) is 0 Å². The third-order valence-corrected chi connectivity index (χ3v) is 5.24. The van der Waals surface area contributed by atoms with Crippen LogP contribution in [0.15, 0.2) is 18.2 Å². The molecule has 0 bridgehead atoms. The Morgan fingerprint density at radius 2 is 1.42 bits per heavy atom. The van der Waals surface area contributed by atoms with Crippen molar-refractivity contribution in [2.45, 2.75) is 13.3 Å². The van der Waals surface area contributed by atoms with Gasteiger partial charge in [-0.25, -0.2) is 9.59 Å². The topological polar surface area (TPSA) is 132 Å². The maximum absolute atomic E-state index is 12.4. The molecule has 1 amide bonds. The Kier molecular flexibility index (Phi) is 8.11. The largest absolute Gasteiger partial charge is 0.493 e. The summed E-state index contributed by atoms with van der Waals surface area (Å²) in [5, 5.41) is 20.0. The van der Waals surface area contributed by atoms with Gasteiger partial charge < -0.3 is 34.1 Å². The summed E-state index contributed by atoms with van der Waals surface area (Å²) < 4.78 is 21.4. The SMILES string of the molecule is COc1cc(C(=O)O)c(-c2c(OC)c(OC)cc(CCN(C)C(C)=O)c2C(=O)O)cc1OC. The van der Waals surface area contributed by atoms with E-state index in [9.17, 15) is 24.6 Å². The summed E-state index contributed by atoms with van der Waals surface area (Å²) >= 11 is 0. The van der Waals surface area contributed by atoms with Crippen LogP contribution in [-0.2, 0) is 11.2 Å². The number of rotatable bonds is 10. The number of hydrogen-bond donors (Lipinski definition) is 2. The molecule has 0 fully saturated rings. The van der Waals surface area contributed by atoms with E-state index in [1.54, 1.807) is 7.05 Å². The highest BCUT2D eigenvalue weighted by Crippen LogP contribution is 2.46. The molecule has 0 atom stereocenters. The van der Waals surface area contributed by atoms with Crippen molar-refractivity contribution in [2.75, 3.05) is 42.0 Å². The van der Waals surface area contributed by atoms with Crippen molar-refractivity contribution in [3.8, 4) is 34.1 Å². The molecule has 33 heavy (non-hydrogen) atoms. The Hall–Kier alpha value is -3.95. The molecule has 10 heteroatoms. The lowest BCUT2D eigenvalue weighted by atomic mass is 9.89. The molecular formula is C23H27NO9. The standard InChI is InChI=1S/C23H27NO9/c1-12(25)24(2)8-7-13-9-18(32-5)21(33-6)20(19(13)23(28)29)14-10-16(30-3)17(31-4)11-15(14)22(26)27/h9-11H,7-8H2,1-6H3,(H,26,27)(H,28,29). The number of carboxylic acids is 2. The molecule has 0 aromatic heterocycles. The number of likely N-dealkylation sites (N-methyl/N-ethyl adjacent to an activating group) is 1. The minimum absolute atomic E-state index is 0.0168. The van der Waals surface area contributed by atoms with E-state index in [2.05, 4.69) is 0 Å². The monoisotopic (exact) mass is 461 g/mol. The molecule has 2 rings (SSSR count). The molecule has 0 aliphatic carbocycles. The molecule has 0 radical (unpaired) electrons. The maximum Gasteiger partial charge on any atom is 0.336 e. The van der Waals surface area contributed by atoms with Crippen LogP contribution in [0.2, 0.25) is 0 Å². The second kappa shape index (κ2) is 10.6. The number of carboxylic acid groups (broad SMARTS) is 2. The number of aromatic carboxylic acids is 2. The first kappa shape index (κ1) is 25.3. The molecule has 0 aliphatic rings. The molecule has 0 heterocycles. The molecule has 0 saturated heterocycles. The average Bonchev–Trinajstić information content (AvgIpc) is 2.79. The number of hydrogen-bond acceptors (Lipinski definition) is 7. The highest BCUT2D eigenvalue weighted by atomic mass is 16.5. The summed E-state index contributed by atoms with van der Waals surface area (Å²) in [5.74, 6) is -2.14. The number of carbonyl (C=O) groups is 3. The highest BCUT2D eigenvalue weighted by molar-refractivity contribution is 6.06. The summed E-state index contributed by atoms with van der Waals surface area (Å²) in [6, 6.07) is 4.16. The zero-order valence-corrected chi connectivity index (χ0v) is 19.3. The Morgan fingerprint density at radius 1 is 0.848 bits per heavy atom. The van der Waals surface area contributed by atoms with Gasteiger partial charge in [0.15, 0.2) is 23.0 Å². The smallest absolute Gasteiger partial charge is 0.336 e. The third kappa shape index (κ3) is 5.11. The van der Waals surface area contributed by atoms with Gasteiger partial charge in [0, 0.05) is 31.6 Å². The number of ether oxygens (including phenoxy) is 4. The zero-order valence-electron chi connectivity index (χ0n) is 19.3. The van der Waals surface area contributed by atoms with Gasteiger partial charge in [0.05, 0.1) is 39.6 Å². The minimum atomic E-state index is -1.30. The van der Waals surface area contributed by atoms with Crippen LogP contribution in [0.5, 0.6) is 23.0 Å². The van der Waals surface area contributed by atoms with Gasteiger partial charge in [0.2, 0.25) is 5.91 Å². The number of benzene rings is 2. The first-order valence-corrected chi connectivity index (χ1v) is 9.83. The van der Waals surface area contributed by atoms with E-state index in [1.807, 2.05) is 0 Å². The Bertz CT molecular complexity index is 1080. The number of amides is 1. The average molecular weight is 461 g/mol. The van der Waals surface area contributed by atoms with E-state index in [1.165, 1.54) is 58.5 Å². The lowest BCUT2D eigenvalue weighted by molar-refractivity contribution is -0.127. The zero-order chi connectivity index (χ0) is 24.9. The van der Waals surface area contributed by atoms with Gasteiger partial charge in [0.25, 0.3) is 0 Å². The van der Waals surface area contributed by atoms with Crippen LogP contribution in [0.3, 0.4) is 0 Å². The van der Waals surface area contributed by atoms with Crippen LogP contribution in [0, 0.1) is 0 Å². The maximum atomic E-state index is 12.4. The van der Waals surface area contributed by atoms with Crippen molar-refractivity contribution in [1.82, 2.24) is 4.90 Å². The molecule has 0 unspecified atom stereocenters. The van der Waals surface area contributed by atoms with Crippen LogP contribution in [-0.4, -0.2) is 75.0 Å². The Labute approximate surface area is 191 Å². The van der Waals surface area contributed by atoms with E-state index in [-0.39, 0.29) is 64.1 Å². The van der Waals surface area contributed by atoms with Crippen molar-refractivity contribution >= 4 is 17.8 Å². The molecule has 2 aromatic rings. The van der Waals surface area contributed by atoms with Crippen molar-refractivity contribution < 1.29 is 43.5 Å². The minimum Gasteiger partial charge on any atom is -0.493 e. The number of methoxy groups -OCH3 is 4. The van der Waals surface area contributed by atoms with Gasteiger partial charge >= 0.3 is 11.9 Å². The Balaban J connectivity index is 2.97. The van der Waals surface area contributed by atoms with Gasteiger partial charge in [-0.3, -0.25) is 4.79 Å². The quantitative estimate of drug-likeness (QED) is 0.548. The van der Waals surface area contributed by atoms with Gasteiger partial charge in [-0.1, -0.05) is 0 Å². The van der Waals surface area contributed by atoms with Gasteiger partial charge in [-0.2, -0.15) is 0 Å². The van der Waals surface area contributed by atoms with Crippen LogP contribution >= 0.6 is 0 Å². The molecule has 0 saturated carbocycles. The predicted molar refractivity (Wildman–Crippen MR) is 119 cm³/mol.